The average molecular weight is 836 g/mol. The van der Waals surface area contributed by atoms with E-state index in [-0.39, 0.29) is 18.9 Å². The molecule has 0 bridgehead atoms. The number of allylic oxidation sites excluding steroid dienone is 1. The number of rotatable bonds is 39. The summed E-state index contributed by atoms with van der Waals surface area (Å²) < 4.78 is 47.5. The summed E-state index contributed by atoms with van der Waals surface area (Å²) in [4.78, 5) is 13.0. The number of nitrogens with one attached hydrogen (secondary N) is 1. The van der Waals surface area contributed by atoms with Crippen LogP contribution in [0.1, 0.15) is 206 Å². The largest absolute Gasteiger partial charge is 0.397 e. The SMILES string of the molecule is CCCCCCCCCCCCC/C=C/[C@@H](O)[C@H](CO[C@@H]1O[C@H](CO)[C@H](O)C(OS(=O)(=O)O)C1O)NC(=O)CCCCCCCCCCCCCCCCCCC. The lowest BCUT2D eigenvalue weighted by Crippen LogP contribution is -2.61. The molecule has 0 aromatic carbocycles. The van der Waals surface area contributed by atoms with Gasteiger partial charge in [0.2, 0.25) is 5.91 Å². The number of carbonyl (C=O) groups is 1. The van der Waals surface area contributed by atoms with Gasteiger partial charge in [-0.25, -0.2) is 4.18 Å². The first-order chi connectivity index (χ1) is 27.5. The number of aliphatic hydroxyl groups is 4. The maximum atomic E-state index is 13.0. The molecule has 57 heavy (non-hydrogen) atoms. The summed E-state index contributed by atoms with van der Waals surface area (Å²) in [7, 11) is -5.08. The van der Waals surface area contributed by atoms with Crippen molar-refractivity contribution in [1.82, 2.24) is 5.32 Å². The smallest absolute Gasteiger partial charge is 0.394 e. The van der Waals surface area contributed by atoms with Crippen molar-refractivity contribution < 1.29 is 51.8 Å². The van der Waals surface area contributed by atoms with Gasteiger partial charge in [-0.1, -0.05) is 193 Å². The standard InChI is InChI=1S/C44H85NO11S/c1-3-5-7-9-11-13-15-17-18-19-20-22-24-26-28-30-32-34-40(48)45-37(38(47)33-31-29-27-25-23-21-16-14-12-10-8-6-4-2)36-54-44-42(50)43(56-57(51,52)53)41(49)39(35-46)55-44/h31,33,37-39,41-44,46-47,49-50H,3-30,32,34-36H2,1-2H3,(H,45,48)(H,51,52,53)/b33-31+/t37-,38+,39+,41-,42?,43?,44+/m0/s1. The molecule has 1 rings (SSSR count). The molecule has 13 heteroatoms. The Morgan fingerprint density at radius 2 is 1.11 bits per heavy atom. The summed E-state index contributed by atoms with van der Waals surface area (Å²) in [6, 6.07) is -0.937. The molecule has 1 heterocycles. The summed E-state index contributed by atoms with van der Waals surface area (Å²) >= 11 is 0. The molecule has 0 radical (unpaired) electrons. The van der Waals surface area contributed by atoms with E-state index in [0.29, 0.717) is 6.42 Å². The molecule has 6 N–H and O–H groups in total. The lowest BCUT2D eigenvalue weighted by Gasteiger charge is -2.41. The van der Waals surface area contributed by atoms with Crippen molar-refractivity contribution in [2.75, 3.05) is 13.2 Å². The Hall–Kier alpha value is -1.16. The molecule has 12 nitrogen and oxygen atoms in total. The number of carbonyl (C=O) groups excluding carboxylic acids is 1. The van der Waals surface area contributed by atoms with Crippen LogP contribution in [-0.2, 0) is 28.9 Å². The Kier molecular flexibility index (Phi) is 33.6. The van der Waals surface area contributed by atoms with E-state index in [1.807, 2.05) is 6.08 Å². The number of hydrogen-bond acceptors (Lipinski definition) is 10. The molecule has 1 amide bonds. The van der Waals surface area contributed by atoms with Crippen molar-refractivity contribution in [3.8, 4) is 0 Å². The van der Waals surface area contributed by atoms with Gasteiger partial charge in [-0.3, -0.25) is 9.35 Å². The fraction of sp³-hybridized carbons (Fsp3) is 0.932. The van der Waals surface area contributed by atoms with Gasteiger partial charge in [0.15, 0.2) is 6.29 Å². The molecule has 0 aliphatic carbocycles. The zero-order valence-electron chi connectivity index (χ0n) is 35.9. The first kappa shape index (κ1) is 53.9. The van der Waals surface area contributed by atoms with Crippen LogP contribution >= 0.6 is 0 Å². The minimum Gasteiger partial charge on any atom is -0.394 e. The molecule has 0 saturated carbocycles. The molecule has 0 aromatic rings. The van der Waals surface area contributed by atoms with E-state index in [4.69, 9.17) is 14.0 Å². The Bertz CT molecular complexity index is 1080. The van der Waals surface area contributed by atoms with Gasteiger partial charge in [-0.05, 0) is 19.3 Å². The van der Waals surface area contributed by atoms with E-state index < -0.39 is 59.9 Å². The highest BCUT2D eigenvalue weighted by Gasteiger charge is 2.48. The van der Waals surface area contributed by atoms with E-state index in [1.54, 1.807) is 6.08 Å². The molecular formula is C44H85NO11S. The Labute approximate surface area is 347 Å². The zero-order valence-corrected chi connectivity index (χ0v) is 36.7. The highest BCUT2D eigenvalue weighted by Crippen LogP contribution is 2.26. The van der Waals surface area contributed by atoms with Crippen LogP contribution in [0.4, 0.5) is 0 Å². The van der Waals surface area contributed by atoms with Gasteiger partial charge < -0.3 is 35.2 Å². The van der Waals surface area contributed by atoms with E-state index >= 15 is 0 Å². The van der Waals surface area contributed by atoms with Crippen molar-refractivity contribution >= 4 is 16.3 Å². The predicted molar refractivity (Wildman–Crippen MR) is 227 cm³/mol. The van der Waals surface area contributed by atoms with Gasteiger partial charge >= 0.3 is 10.4 Å². The molecule has 1 fully saturated rings. The highest BCUT2D eigenvalue weighted by atomic mass is 32.3. The number of ether oxygens (including phenoxy) is 2. The van der Waals surface area contributed by atoms with Crippen molar-refractivity contribution in [3.63, 3.8) is 0 Å². The van der Waals surface area contributed by atoms with Gasteiger partial charge in [0.1, 0.15) is 24.4 Å². The second-order valence-corrected chi connectivity index (χ2v) is 17.4. The number of aliphatic hydroxyl groups excluding tert-OH is 4. The Balaban J connectivity index is 2.51. The normalized spacial score (nSPS) is 21.3. The van der Waals surface area contributed by atoms with Crippen LogP contribution in [0.25, 0.3) is 0 Å². The Morgan fingerprint density at radius 3 is 1.53 bits per heavy atom. The average Bonchev–Trinajstić information content (AvgIpc) is 3.18. The lowest BCUT2D eigenvalue weighted by molar-refractivity contribution is -0.298. The van der Waals surface area contributed by atoms with Gasteiger partial charge in [0.05, 0.1) is 25.4 Å². The fourth-order valence-corrected chi connectivity index (χ4v) is 7.96. The number of hydrogen-bond donors (Lipinski definition) is 6. The molecule has 338 valence electrons. The minimum atomic E-state index is -5.08. The monoisotopic (exact) mass is 836 g/mol. The predicted octanol–water partition coefficient (Wildman–Crippen LogP) is 8.77. The molecule has 0 spiro atoms. The van der Waals surface area contributed by atoms with Crippen LogP contribution in [0, 0.1) is 0 Å². The van der Waals surface area contributed by atoms with Crippen LogP contribution < -0.4 is 5.32 Å². The van der Waals surface area contributed by atoms with Crippen LogP contribution in [-0.4, -0.2) is 95.4 Å². The minimum absolute atomic E-state index is 0.260. The third kappa shape index (κ3) is 28.9. The maximum absolute atomic E-state index is 13.0. The third-order valence-corrected chi connectivity index (χ3v) is 11.5. The third-order valence-electron chi connectivity index (χ3n) is 11.1. The molecule has 1 aliphatic rings. The van der Waals surface area contributed by atoms with Crippen molar-refractivity contribution in [2.45, 2.75) is 249 Å². The first-order valence-corrected chi connectivity index (χ1v) is 24.4. The quantitative estimate of drug-likeness (QED) is 0.0197. The van der Waals surface area contributed by atoms with E-state index in [1.165, 1.54) is 141 Å². The lowest BCUT2D eigenvalue weighted by atomic mass is 9.99. The van der Waals surface area contributed by atoms with Crippen LogP contribution in [0.15, 0.2) is 12.2 Å². The highest BCUT2D eigenvalue weighted by molar-refractivity contribution is 7.80. The van der Waals surface area contributed by atoms with Crippen molar-refractivity contribution in [1.29, 1.82) is 0 Å². The van der Waals surface area contributed by atoms with Crippen molar-refractivity contribution in [3.05, 3.63) is 12.2 Å². The number of amides is 1. The summed E-state index contributed by atoms with van der Waals surface area (Å²) in [5.74, 6) is -0.260. The van der Waals surface area contributed by atoms with Gasteiger partial charge in [-0.15, -0.1) is 0 Å². The van der Waals surface area contributed by atoms with Crippen LogP contribution in [0.2, 0.25) is 0 Å². The second-order valence-electron chi connectivity index (χ2n) is 16.4. The second kappa shape index (κ2) is 35.6. The molecule has 7 atom stereocenters. The van der Waals surface area contributed by atoms with E-state index in [2.05, 4.69) is 23.3 Å². The van der Waals surface area contributed by atoms with Gasteiger partial charge in [0, 0.05) is 6.42 Å². The number of unbranched alkanes of at least 4 members (excludes halogenated alkanes) is 27. The summed E-state index contributed by atoms with van der Waals surface area (Å²) in [6.07, 6.45) is 29.6. The molecule has 1 saturated heterocycles. The van der Waals surface area contributed by atoms with Gasteiger partial charge in [-0.2, -0.15) is 8.42 Å². The van der Waals surface area contributed by atoms with Crippen LogP contribution in [0.5, 0.6) is 0 Å². The Morgan fingerprint density at radius 1 is 0.684 bits per heavy atom. The molecule has 2 unspecified atom stereocenters. The molecule has 1 aliphatic heterocycles. The van der Waals surface area contributed by atoms with Gasteiger partial charge in [0.25, 0.3) is 0 Å². The first-order valence-electron chi connectivity index (χ1n) is 23.1. The summed E-state index contributed by atoms with van der Waals surface area (Å²) in [6.45, 7) is 3.38. The topological polar surface area (TPSA) is 192 Å². The van der Waals surface area contributed by atoms with Crippen LogP contribution in [0.3, 0.4) is 0 Å². The molecular weight excluding hydrogens is 751 g/mol. The van der Waals surface area contributed by atoms with E-state index in [0.717, 1.165) is 38.5 Å². The summed E-state index contributed by atoms with van der Waals surface area (Å²) in [5.41, 5.74) is 0. The van der Waals surface area contributed by atoms with E-state index in [9.17, 15) is 33.6 Å². The van der Waals surface area contributed by atoms with Crippen molar-refractivity contribution in [2.24, 2.45) is 0 Å². The summed E-state index contributed by atoms with van der Waals surface area (Å²) in [5, 5.41) is 44.6. The molecule has 0 aromatic heterocycles. The maximum Gasteiger partial charge on any atom is 0.397 e. The zero-order chi connectivity index (χ0) is 42.0. The fourth-order valence-electron chi connectivity index (χ4n) is 7.45.